The van der Waals surface area contributed by atoms with E-state index in [1.807, 2.05) is 90.5 Å². The predicted molar refractivity (Wildman–Crippen MR) is 472 cm³/mol. The number of likely N-dealkylation sites (N-methyl/N-ethyl adjacent to an activating group) is 4. The largest absolute Gasteiger partial charge is 0.416 e. The van der Waals surface area contributed by atoms with Crippen LogP contribution in [0.2, 0.25) is 0 Å². The van der Waals surface area contributed by atoms with Crippen molar-refractivity contribution >= 4 is 115 Å². The van der Waals surface area contributed by atoms with E-state index >= 15 is 0 Å². The lowest BCUT2D eigenvalue weighted by atomic mass is 10.1. The summed E-state index contributed by atoms with van der Waals surface area (Å²) in [6.45, 7) is 25.7. The molecule has 119 heavy (non-hydrogen) atoms. The van der Waals surface area contributed by atoms with E-state index in [2.05, 4.69) is 207 Å². The van der Waals surface area contributed by atoms with E-state index in [0.29, 0.717) is 70.0 Å². The molecule has 622 valence electrons. The summed E-state index contributed by atoms with van der Waals surface area (Å²) in [6.07, 6.45) is 3.67. The van der Waals surface area contributed by atoms with Gasteiger partial charge in [0.2, 0.25) is 0 Å². The third kappa shape index (κ3) is 21.5. The van der Waals surface area contributed by atoms with Crippen LogP contribution in [-0.2, 0) is 42.2 Å². The molecule has 0 unspecified atom stereocenters. The fraction of sp³-hybridized carbons (Fsp3) is 0.391. The first-order valence-electron chi connectivity index (χ1n) is 39.8. The molecule has 0 saturated carbocycles. The van der Waals surface area contributed by atoms with E-state index in [-0.39, 0.29) is 0 Å². The molecule has 12 aromatic rings. The topological polar surface area (TPSA) is 251 Å². The molecule has 0 atom stereocenters. The Kier molecular flexibility index (Phi) is 27.2. The monoisotopic (exact) mass is 1700 g/mol. The molecular formula is C87H103BrF3N25O2S. The van der Waals surface area contributed by atoms with Crippen LogP contribution in [0.5, 0.6) is 0 Å². The van der Waals surface area contributed by atoms with Gasteiger partial charge in [-0.15, -0.1) is 0 Å². The van der Waals surface area contributed by atoms with Crippen LogP contribution in [0.1, 0.15) is 57.2 Å². The van der Waals surface area contributed by atoms with Gasteiger partial charge in [0, 0.05) is 214 Å². The van der Waals surface area contributed by atoms with Crippen molar-refractivity contribution in [2.45, 2.75) is 64.9 Å². The molecule has 0 radical (unpaired) electrons. The van der Waals surface area contributed by atoms with Crippen LogP contribution in [-0.4, -0.2) is 255 Å². The van der Waals surface area contributed by atoms with E-state index in [1.54, 1.807) is 60.9 Å². The van der Waals surface area contributed by atoms with Crippen molar-refractivity contribution in [3.05, 3.63) is 208 Å². The molecule has 0 aliphatic carbocycles. The maximum Gasteiger partial charge on any atom is 0.416 e. The van der Waals surface area contributed by atoms with Crippen molar-refractivity contribution in [3.8, 4) is 6.07 Å². The zero-order chi connectivity index (χ0) is 84.4. The smallest absolute Gasteiger partial charge is 0.367 e. The Balaban J connectivity index is 0.000000137. The maximum absolute atomic E-state index is 13.5. The molecule has 4 aliphatic rings. The number of aromatic nitrogens is 12. The molecule has 4 saturated heterocycles. The number of hydrogen-bond acceptors (Lipinski definition) is 27. The van der Waals surface area contributed by atoms with E-state index in [1.165, 1.54) is 6.26 Å². The van der Waals surface area contributed by atoms with Gasteiger partial charge in [0.1, 0.15) is 46.6 Å². The first-order valence-corrected chi connectivity index (χ1v) is 42.5. The van der Waals surface area contributed by atoms with Crippen molar-refractivity contribution in [2.75, 3.05) is 207 Å². The first-order chi connectivity index (χ1) is 57.0. The van der Waals surface area contributed by atoms with Crippen LogP contribution >= 0.6 is 15.9 Å². The number of nitriles is 1. The molecule has 0 amide bonds. The van der Waals surface area contributed by atoms with Crippen molar-refractivity contribution in [1.29, 1.82) is 5.26 Å². The minimum Gasteiger partial charge on any atom is -0.367 e. The number of halogens is 4. The number of pyridine rings is 4. The molecule has 27 nitrogen and oxygen atoms in total. The standard InChI is InChI=1S/C22H25F3N6.C22H25N7.C22H28N6O2S.C21H25BrN6/c1-15-27-18(13-20(28-15)31-9-7-29(2)8-10-31)14-30(3)19-12-17(22(23,24)25)11-16-5-4-6-26-21(16)19;1-16-25-18(13-21(26-16)29-11-9-27(2)10-12-29)15-28(3)20-7-6-17(14-23)19-5-4-8-24-22(19)20;1-16-24-17(14-21(25-16)28-12-10-26(2)11-13-28)15-27(3)19-7-8-20(31(4,29)30)18-6-5-9-23-22(18)19;1-15-24-16(13-20(25-15)28-11-9-26(2)10-12-28)14-27(3)19-7-6-18(22)17-5-4-8-23-21(17)19/h4-6,11-13H,7-10,14H2,1-3H3;4-8,13H,9-12,15H2,1-3H3;5-9,14H,10-13,15H2,1-4H3;4-8,13H,9-12,14H2,1-3H3. The Morgan fingerprint density at radius 1 is 0.403 bits per heavy atom. The van der Waals surface area contributed by atoms with Crippen LogP contribution in [0.15, 0.2) is 155 Å². The second kappa shape index (κ2) is 37.8. The number of benzene rings is 4. The fourth-order valence-electron chi connectivity index (χ4n) is 15.3. The van der Waals surface area contributed by atoms with E-state index in [4.69, 9.17) is 0 Å². The molecule has 4 aliphatic heterocycles. The summed E-state index contributed by atoms with van der Waals surface area (Å²) in [6, 6.07) is 38.9. The normalized spacial score (nSPS) is 15.2. The van der Waals surface area contributed by atoms with Gasteiger partial charge in [-0.25, -0.2) is 48.3 Å². The molecule has 0 N–H and O–H groups in total. The average molecular weight is 1700 g/mol. The maximum atomic E-state index is 13.5. The van der Waals surface area contributed by atoms with Gasteiger partial charge in [0.15, 0.2) is 9.84 Å². The van der Waals surface area contributed by atoms with Gasteiger partial charge in [-0.3, -0.25) is 19.9 Å². The van der Waals surface area contributed by atoms with E-state index < -0.39 is 21.6 Å². The zero-order valence-corrected chi connectivity index (χ0v) is 72.3. The molecule has 4 aromatic carbocycles. The Hall–Kier alpha value is -11.2. The Labute approximate surface area is 702 Å². The number of hydrogen-bond donors (Lipinski definition) is 0. The van der Waals surface area contributed by atoms with Gasteiger partial charge in [-0.1, -0.05) is 28.1 Å². The minimum absolute atomic E-state index is 0.294. The number of anilines is 8. The molecule has 32 heteroatoms. The van der Waals surface area contributed by atoms with Crippen LogP contribution in [0.4, 0.5) is 59.2 Å². The van der Waals surface area contributed by atoms with Crippen LogP contribution in [0.25, 0.3) is 43.6 Å². The highest BCUT2D eigenvalue weighted by Crippen LogP contribution is 2.38. The second-order valence-corrected chi connectivity index (χ2v) is 33.9. The van der Waals surface area contributed by atoms with Gasteiger partial charge >= 0.3 is 6.18 Å². The average Bonchev–Trinajstić information content (AvgIpc) is 0.792. The Morgan fingerprint density at radius 3 is 1.09 bits per heavy atom. The first kappa shape index (κ1) is 85.7. The van der Waals surface area contributed by atoms with Crippen LogP contribution in [0, 0.1) is 39.0 Å². The molecule has 12 heterocycles. The lowest BCUT2D eigenvalue weighted by Gasteiger charge is -2.33. The minimum atomic E-state index is -4.43. The SMILES string of the molecule is Cc1nc(CN(C)c2cc(C(F)(F)F)cc3cccnc23)cc(N2CCN(C)CC2)n1.Cc1nc(CN(C)c2ccc(Br)c3cccnc23)cc(N2CCN(C)CC2)n1.Cc1nc(CN(C)c2ccc(C#N)c3cccnc23)cc(N2CCN(C)CC2)n1.Cc1nc(CN(C)c2ccc(S(C)(=O)=O)c3cccnc23)cc(N2CCN(C)CC2)n1. The molecular weight excluding hydrogens is 1600 g/mol. The van der Waals surface area contributed by atoms with E-state index in [0.717, 1.165) is 224 Å². The second-order valence-electron chi connectivity index (χ2n) is 31.1. The number of sulfone groups is 1. The number of fused-ring (bicyclic) bond motifs is 4. The molecule has 16 rings (SSSR count). The number of aryl methyl sites for hydroxylation is 4. The highest BCUT2D eigenvalue weighted by molar-refractivity contribution is 9.10. The van der Waals surface area contributed by atoms with E-state index in [9.17, 15) is 26.9 Å². The van der Waals surface area contributed by atoms with Crippen molar-refractivity contribution in [2.24, 2.45) is 0 Å². The fourth-order valence-corrected chi connectivity index (χ4v) is 16.6. The van der Waals surface area contributed by atoms with Gasteiger partial charge < -0.3 is 58.8 Å². The zero-order valence-electron chi connectivity index (χ0n) is 69.9. The van der Waals surface area contributed by atoms with Crippen LogP contribution < -0.4 is 39.2 Å². The summed E-state index contributed by atoms with van der Waals surface area (Å²) >= 11 is 3.63. The molecule has 4 fully saturated rings. The Bertz CT molecular complexity index is 5740. The lowest BCUT2D eigenvalue weighted by Crippen LogP contribution is -2.45. The summed E-state index contributed by atoms with van der Waals surface area (Å²) in [4.78, 5) is 82.0. The van der Waals surface area contributed by atoms with Crippen molar-refractivity contribution < 1.29 is 21.6 Å². The summed E-state index contributed by atoms with van der Waals surface area (Å²) in [5.74, 6) is 6.84. The number of nitrogens with zero attached hydrogens (tertiary/aromatic N) is 25. The highest BCUT2D eigenvalue weighted by atomic mass is 79.9. The summed E-state index contributed by atoms with van der Waals surface area (Å²) in [7, 11) is 13.0. The summed E-state index contributed by atoms with van der Waals surface area (Å²) < 4.78 is 65.8. The molecule has 0 bridgehead atoms. The Morgan fingerprint density at radius 2 is 0.723 bits per heavy atom. The molecule has 8 aromatic heterocycles. The summed E-state index contributed by atoms with van der Waals surface area (Å²) in [5, 5.41) is 12.5. The third-order valence-corrected chi connectivity index (χ3v) is 23.6. The predicted octanol–water partition coefficient (Wildman–Crippen LogP) is 11.9. The number of piperazine rings is 4. The summed E-state index contributed by atoms with van der Waals surface area (Å²) in [5.41, 5.74) is 10.00. The molecule has 0 spiro atoms. The van der Waals surface area contributed by atoms with Crippen molar-refractivity contribution in [3.63, 3.8) is 0 Å². The number of alkyl halides is 3. The lowest BCUT2D eigenvalue weighted by molar-refractivity contribution is -0.137. The highest BCUT2D eigenvalue weighted by Gasteiger charge is 2.33. The van der Waals surface area contributed by atoms with Gasteiger partial charge in [-0.2, -0.15) is 18.4 Å². The van der Waals surface area contributed by atoms with Crippen molar-refractivity contribution in [1.82, 2.24) is 79.4 Å². The quantitative estimate of drug-likeness (QED) is 0.0821. The van der Waals surface area contributed by atoms with Gasteiger partial charge in [0.25, 0.3) is 0 Å². The third-order valence-electron chi connectivity index (χ3n) is 21.7. The van der Waals surface area contributed by atoms with Gasteiger partial charge in [-0.05, 0) is 141 Å². The van der Waals surface area contributed by atoms with Gasteiger partial charge in [0.05, 0.1) is 116 Å². The number of rotatable bonds is 17. The van der Waals surface area contributed by atoms with Crippen LogP contribution in [0.3, 0.4) is 0 Å².